The summed E-state index contributed by atoms with van der Waals surface area (Å²) < 4.78 is 5.37. The van der Waals surface area contributed by atoms with Crippen LogP contribution in [-0.4, -0.2) is 24.5 Å². The molecule has 27 heavy (non-hydrogen) atoms. The molecule has 1 N–H and O–H groups in total. The lowest BCUT2D eigenvalue weighted by molar-refractivity contribution is -0.122. The second-order valence-corrected chi connectivity index (χ2v) is 6.33. The van der Waals surface area contributed by atoms with Crippen molar-refractivity contribution in [1.82, 2.24) is 5.32 Å². The summed E-state index contributed by atoms with van der Waals surface area (Å²) in [7, 11) is 0. The van der Waals surface area contributed by atoms with E-state index in [0.717, 1.165) is 4.90 Å². The average Bonchev–Trinajstić information content (AvgIpc) is 2.63. The second kappa shape index (κ2) is 7.63. The minimum Gasteiger partial charge on any atom is -0.494 e. The Morgan fingerprint density at radius 3 is 2.48 bits per heavy atom. The topological polar surface area (TPSA) is 75.7 Å². The zero-order chi connectivity index (χ0) is 19.6. The highest BCUT2D eigenvalue weighted by Gasteiger charge is 2.37. The number of carbonyl (C=O) groups is 3. The summed E-state index contributed by atoms with van der Waals surface area (Å²) in [5, 5.41) is 2.58. The Balaban J connectivity index is 1.98. The van der Waals surface area contributed by atoms with E-state index in [1.807, 2.05) is 6.92 Å². The molecule has 1 aliphatic heterocycles. The van der Waals surface area contributed by atoms with E-state index in [9.17, 15) is 14.4 Å². The first-order valence-electron chi connectivity index (χ1n) is 8.31. The molecule has 2 aromatic rings. The predicted molar refractivity (Wildman–Crippen MR) is 103 cm³/mol. The van der Waals surface area contributed by atoms with Crippen LogP contribution in [0.2, 0.25) is 5.02 Å². The molecule has 2 aromatic carbocycles. The Morgan fingerprint density at radius 1 is 1.11 bits per heavy atom. The van der Waals surface area contributed by atoms with E-state index in [-0.39, 0.29) is 5.57 Å². The lowest BCUT2D eigenvalue weighted by Crippen LogP contribution is -2.54. The number of rotatable bonds is 4. The third-order valence-corrected chi connectivity index (χ3v) is 4.25. The number of hydrogen-bond donors (Lipinski definition) is 1. The Bertz CT molecular complexity index is 951. The molecule has 7 heteroatoms. The van der Waals surface area contributed by atoms with Gasteiger partial charge in [-0.3, -0.25) is 14.9 Å². The first kappa shape index (κ1) is 18.7. The number of hydrogen-bond acceptors (Lipinski definition) is 4. The van der Waals surface area contributed by atoms with Gasteiger partial charge in [0.1, 0.15) is 11.3 Å². The molecule has 0 spiro atoms. The zero-order valence-electron chi connectivity index (χ0n) is 14.8. The fourth-order valence-electron chi connectivity index (χ4n) is 2.69. The van der Waals surface area contributed by atoms with Crippen molar-refractivity contribution in [1.29, 1.82) is 0 Å². The van der Waals surface area contributed by atoms with Crippen LogP contribution in [0.4, 0.5) is 10.5 Å². The molecular weight excluding hydrogens is 368 g/mol. The van der Waals surface area contributed by atoms with Gasteiger partial charge in [-0.15, -0.1) is 0 Å². The van der Waals surface area contributed by atoms with E-state index in [1.54, 1.807) is 43.3 Å². The number of ether oxygens (including phenoxy) is 1. The largest absolute Gasteiger partial charge is 0.494 e. The van der Waals surface area contributed by atoms with Gasteiger partial charge in [-0.05, 0) is 55.3 Å². The van der Waals surface area contributed by atoms with Crippen molar-refractivity contribution >= 4 is 41.2 Å². The molecule has 1 saturated heterocycles. The molecule has 1 fully saturated rings. The summed E-state index contributed by atoms with van der Waals surface area (Å²) in [4.78, 5) is 38.3. The number of imide groups is 2. The van der Waals surface area contributed by atoms with Crippen LogP contribution in [0.5, 0.6) is 5.75 Å². The molecular formula is C20H17ClN2O4. The number of carbonyl (C=O) groups excluding carboxylic acids is 3. The van der Waals surface area contributed by atoms with Gasteiger partial charge in [0.15, 0.2) is 0 Å². The number of nitrogens with zero attached hydrogens (tertiary/aromatic N) is 1. The quantitative estimate of drug-likeness (QED) is 0.644. The van der Waals surface area contributed by atoms with Gasteiger partial charge in [0.2, 0.25) is 0 Å². The first-order valence-corrected chi connectivity index (χ1v) is 8.69. The summed E-state index contributed by atoms with van der Waals surface area (Å²) in [6.07, 6.45) is 1.44. The van der Waals surface area contributed by atoms with Crippen LogP contribution in [0.3, 0.4) is 0 Å². The molecule has 0 aliphatic carbocycles. The lowest BCUT2D eigenvalue weighted by atomic mass is 10.1. The molecule has 1 heterocycles. The van der Waals surface area contributed by atoms with Gasteiger partial charge in [0.25, 0.3) is 11.8 Å². The normalized spacial score (nSPS) is 15.9. The highest BCUT2D eigenvalue weighted by atomic mass is 35.5. The number of urea groups is 1. The van der Waals surface area contributed by atoms with Crippen LogP contribution in [0.15, 0.2) is 48.0 Å². The van der Waals surface area contributed by atoms with Crippen LogP contribution in [0.1, 0.15) is 18.1 Å². The maximum atomic E-state index is 12.9. The van der Waals surface area contributed by atoms with Gasteiger partial charge >= 0.3 is 6.03 Å². The Kier molecular flexibility index (Phi) is 5.28. The number of benzene rings is 2. The SMILES string of the molecule is CCOc1ccc(/C=C2\C(=O)NC(=O)N(c3cc(Cl)ccc3C)C2=O)cc1. The first-order chi connectivity index (χ1) is 12.9. The van der Waals surface area contributed by atoms with Crippen LogP contribution in [0, 0.1) is 6.92 Å². The van der Waals surface area contributed by atoms with Crippen LogP contribution in [0.25, 0.3) is 6.08 Å². The van der Waals surface area contributed by atoms with Gasteiger partial charge in [-0.1, -0.05) is 29.8 Å². The molecule has 0 aromatic heterocycles. The summed E-state index contributed by atoms with van der Waals surface area (Å²) in [5.41, 5.74) is 1.50. The Morgan fingerprint density at radius 2 is 1.81 bits per heavy atom. The van der Waals surface area contributed by atoms with Crippen molar-refractivity contribution in [3.8, 4) is 5.75 Å². The summed E-state index contributed by atoms with van der Waals surface area (Å²) in [6, 6.07) is 11.0. The highest BCUT2D eigenvalue weighted by Crippen LogP contribution is 2.28. The van der Waals surface area contributed by atoms with Gasteiger partial charge in [-0.25, -0.2) is 9.69 Å². The minimum absolute atomic E-state index is 0.141. The summed E-state index contributed by atoms with van der Waals surface area (Å²) in [5.74, 6) is -0.761. The van der Waals surface area contributed by atoms with Crippen molar-refractivity contribution in [2.24, 2.45) is 0 Å². The molecule has 1 aliphatic rings. The van der Waals surface area contributed by atoms with E-state index in [2.05, 4.69) is 5.32 Å². The molecule has 0 unspecified atom stereocenters. The minimum atomic E-state index is -0.806. The van der Waals surface area contributed by atoms with Gasteiger partial charge in [0.05, 0.1) is 12.3 Å². The third-order valence-electron chi connectivity index (χ3n) is 4.02. The number of barbiturate groups is 1. The van der Waals surface area contributed by atoms with E-state index in [0.29, 0.717) is 34.2 Å². The van der Waals surface area contributed by atoms with E-state index >= 15 is 0 Å². The molecule has 4 amide bonds. The van der Waals surface area contributed by atoms with Crippen molar-refractivity contribution in [3.63, 3.8) is 0 Å². The molecule has 0 radical (unpaired) electrons. The number of aryl methyl sites for hydroxylation is 1. The van der Waals surface area contributed by atoms with Gasteiger partial charge in [-0.2, -0.15) is 0 Å². The van der Waals surface area contributed by atoms with Crippen molar-refractivity contribution in [2.45, 2.75) is 13.8 Å². The molecule has 6 nitrogen and oxygen atoms in total. The second-order valence-electron chi connectivity index (χ2n) is 5.89. The third kappa shape index (κ3) is 3.85. The standard InChI is InChI=1S/C20H17ClN2O4/c1-3-27-15-8-5-13(6-9-15)10-16-18(24)22-20(26)23(19(16)25)17-11-14(21)7-4-12(17)2/h4-11H,3H2,1-2H3,(H,22,24,26)/b16-10+. The molecule has 3 rings (SSSR count). The molecule has 0 atom stereocenters. The molecule has 138 valence electrons. The predicted octanol–water partition coefficient (Wildman–Crippen LogP) is 3.71. The van der Waals surface area contributed by atoms with Crippen LogP contribution < -0.4 is 15.0 Å². The van der Waals surface area contributed by atoms with Crippen molar-refractivity contribution < 1.29 is 19.1 Å². The molecule has 0 saturated carbocycles. The van der Waals surface area contributed by atoms with E-state index < -0.39 is 17.8 Å². The zero-order valence-corrected chi connectivity index (χ0v) is 15.5. The lowest BCUT2D eigenvalue weighted by Gasteiger charge is -2.27. The number of anilines is 1. The van der Waals surface area contributed by atoms with Gasteiger partial charge in [0, 0.05) is 5.02 Å². The Labute approximate surface area is 161 Å². The number of nitrogens with one attached hydrogen (secondary N) is 1. The summed E-state index contributed by atoms with van der Waals surface area (Å²) in [6.45, 7) is 4.17. The van der Waals surface area contributed by atoms with Crippen molar-refractivity contribution in [2.75, 3.05) is 11.5 Å². The monoisotopic (exact) mass is 384 g/mol. The average molecular weight is 385 g/mol. The number of amides is 4. The fourth-order valence-corrected chi connectivity index (χ4v) is 2.86. The fraction of sp³-hybridized carbons (Fsp3) is 0.150. The maximum Gasteiger partial charge on any atom is 0.335 e. The molecule has 0 bridgehead atoms. The van der Waals surface area contributed by atoms with Crippen molar-refractivity contribution in [3.05, 3.63) is 64.2 Å². The maximum absolute atomic E-state index is 12.9. The van der Waals surface area contributed by atoms with Crippen LogP contribution >= 0.6 is 11.6 Å². The number of halogens is 1. The van der Waals surface area contributed by atoms with Crippen LogP contribution in [-0.2, 0) is 9.59 Å². The van der Waals surface area contributed by atoms with E-state index in [1.165, 1.54) is 12.1 Å². The highest BCUT2D eigenvalue weighted by molar-refractivity contribution is 6.39. The van der Waals surface area contributed by atoms with E-state index in [4.69, 9.17) is 16.3 Å². The Hall–Kier alpha value is -3.12. The van der Waals surface area contributed by atoms with Gasteiger partial charge < -0.3 is 4.74 Å². The summed E-state index contributed by atoms with van der Waals surface area (Å²) >= 11 is 6.00. The smallest absolute Gasteiger partial charge is 0.335 e.